The predicted octanol–water partition coefficient (Wildman–Crippen LogP) is 0.755. The number of nitrogens with zero attached hydrogens (tertiary/aromatic N) is 2. The molecule has 0 aromatic carbocycles. The van der Waals surface area contributed by atoms with Crippen LogP contribution in [0.2, 0.25) is 0 Å². The van der Waals surface area contributed by atoms with Crippen LogP contribution in [-0.4, -0.2) is 65.5 Å². The number of hydrogen-bond donors (Lipinski definition) is 1. The normalized spacial score (nSPS) is 20.0. The first-order valence-electron chi connectivity index (χ1n) is 7.23. The number of urea groups is 1. The molecule has 7 heteroatoms. The fourth-order valence-electron chi connectivity index (χ4n) is 2.09. The highest BCUT2D eigenvalue weighted by Crippen LogP contribution is 2.20. The molecule has 0 aliphatic carbocycles. The lowest BCUT2D eigenvalue weighted by Gasteiger charge is -2.27. The van der Waals surface area contributed by atoms with Crippen LogP contribution in [0.4, 0.5) is 4.79 Å². The van der Waals surface area contributed by atoms with Crippen molar-refractivity contribution in [3.63, 3.8) is 0 Å². The molecule has 1 saturated heterocycles. The summed E-state index contributed by atoms with van der Waals surface area (Å²) in [5.41, 5.74) is -0.678. The van der Waals surface area contributed by atoms with Gasteiger partial charge in [-0.15, -0.1) is 6.58 Å². The molecule has 3 amide bonds. The zero-order chi connectivity index (χ0) is 17.1. The fourth-order valence-corrected chi connectivity index (χ4v) is 2.09. The molecule has 1 aliphatic rings. The molecule has 22 heavy (non-hydrogen) atoms. The predicted molar refractivity (Wildman–Crippen MR) is 82.2 cm³/mol. The second-order valence-corrected chi connectivity index (χ2v) is 6.34. The van der Waals surface area contributed by atoms with Gasteiger partial charge in [0.25, 0.3) is 0 Å². The van der Waals surface area contributed by atoms with E-state index < -0.39 is 35.6 Å². The Morgan fingerprint density at radius 1 is 1.50 bits per heavy atom. The molecular formula is C15H25N3O4. The van der Waals surface area contributed by atoms with Crippen LogP contribution in [0.3, 0.4) is 0 Å². The molecule has 1 rings (SSSR count). The second kappa shape index (κ2) is 6.91. The highest BCUT2D eigenvalue weighted by atomic mass is 16.6. The maximum absolute atomic E-state index is 12.5. The molecule has 7 nitrogen and oxygen atoms in total. The van der Waals surface area contributed by atoms with Gasteiger partial charge in [-0.05, 0) is 27.7 Å². The molecule has 0 radical (unpaired) electrons. The highest BCUT2D eigenvalue weighted by molar-refractivity contribution is 6.03. The number of nitrogens with one attached hydrogen (secondary N) is 1. The smallest absolute Gasteiger partial charge is 0.331 e. The molecule has 124 valence electrons. The summed E-state index contributed by atoms with van der Waals surface area (Å²) in [4.78, 5) is 39.2. The number of amides is 3. The van der Waals surface area contributed by atoms with Crippen molar-refractivity contribution < 1.29 is 19.1 Å². The molecule has 0 spiro atoms. The van der Waals surface area contributed by atoms with Gasteiger partial charge >= 0.3 is 12.0 Å². The Kier molecular flexibility index (Phi) is 5.71. The molecule has 1 heterocycles. The highest BCUT2D eigenvalue weighted by Gasteiger charge is 2.46. The van der Waals surface area contributed by atoms with Crippen LogP contribution in [0.25, 0.3) is 0 Å². The van der Waals surface area contributed by atoms with E-state index in [2.05, 4.69) is 11.9 Å². The van der Waals surface area contributed by atoms with E-state index in [4.69, 9.17) is 4.74 Å². The molecule has 0 aromatic rings. The average Bonchev–Trinajstić information content (AvgIpc) is 2.69. The lowest BCUT2D eigenvalue weighted by atomic mass is 10.1. The number of likely N-dealkylation sites (N-methyl/N-ethyl adjacent to an activating group) is 1. The molecule has 2 atom stereocenters. The van der Waals surface area contributed by atoms with E-state index in [9.17, 15) is 14.4 Å². The first-order valence-corrected chi connectivity index (χ1v) is 7.23. The minimum atomic E-state index is -0.919. The standard InChI is InChI=1S/C15H25N3O4/c1-7-8-16-10(2)12(19)18-11(9-17(6)14(18)21)13(20)22-15(3,4)5/h7,10-11,16H,1,8-9H2,2-6H3/t10-,11-/m0/s1. The van der Waals surface area contributed by atoms with Crippen molar-refractivity contribution in [3.05, 3.63) is 12.7 Å². The van der Waals surface area contributed by atoms with Crippen molar-refractivity contribution in [3.8, 4) is 0 Å². The minimum Gasteiger partial charge on any atom is -0.458 e. The van der Waals surface area contributed by atoms with Gasteiger partial charge in [-0.1, -0.05) is 6.08 Å². The summed E-state index contributed by atoms with van der Waals surface area (Å²) in [7, 11) is 1.55. The Labute approximate surface area is 131 Å². The number of esters is 1. The van der Waals surface area contributed by atoms with Gasteiger partial charge in [-0.3, -0.25) is 4.79 Å². The first kappa shape index (κ1) is 18.2. The van der Waals surface area contributed by atoms with E-state index in [0.29, 0.717) is 6.54 Å². The maximum Gasteiger partial charge on any atom is 0.331 e. The zero-order valence-electron chi connectivity index (χ0n) is 13.9. The molecule has 1 fully saturated rings. The van der Waals surface area contributed by atoms with Crippen LogP contribution in [-0.2, 0) is 14.3 Å². The van der Waals surface area contributed by atoms with Crippen LogP contribution in [0.1, 0.15) is 27.7 Å². The van der Waals surface area contributed by atoms with E-state index in [0.717, 1.165) is 4.90 Å². The van der Waals surface area contributed by atoms with E-state index in [1.807, 2.05) is 0 Å². The van der Waals surface area contributed by atoms with Crippen LogP contribution in [0.15, 0.2) is 12.7 Å². The first-order chi connectivity index (χ1) is 10.1. The van der Waals surface area contributed by atoms with Gasteiger partial charge in [0, 0.05) is 13.6 Å². The Balaban J connectivity index is 2.92. The van der Waals surface area contributed by atoms with Gasteiger partial charge in [0.2, 0.25) is 5.91 Å². The Morgan fingerprint density at radius 3 is 2.59 bits per heavy atom. The summed E-state index contributed by atoms with van der Waals surface area (Å²) in [5, 5.41) is 2.92. The summed E-state index contributed by atoms with van der Waals surface area (Å²) in [6.45, 7) is 11.0. The van der Waals surface area contributed by atoms with Gasteiger partial charge < -0.3 is 15.0 Å². The number of ether oxygens (including phenoxy) is 1. The fraction of sp³-hybridized carbons (Fsp3) is 0.667. The summed E-state index contributed by atoms with van der Waals surface area (Å²) in [6.07, 6.45) is 1.62. The van der Waals surface area contributed by atoms with Gasteiger partial charge in [0.1, 0.15) is 5.60 Å². The summed E-state index contributed by atoms with van der Waals surface area (Å²) in [6, 6.07) is -2.01. The Hall–Kier alpha value is -1.89. The van der Waals surface area contributed by atoms with Gasteiger partial charge in [-0.25, -0.2) is 14.5 Å². The van der Waals surface area contributed by atoms with Crippen molar-refractivity contribution in [2.45, 2.75) is 45.4 Å². The van der Waals surface area contributed by atoms with E-state index in [1.54, 1.807) is 40.8 Å². The van der Waals surface area contributed by atoms with Gasteiger partial charge in [-0.2, -0.15) is 0 Å². The third-order valence-electron chi connectivity index (χ3n) is 3.15. The number of carbonyl (C=O) groups excluding carboxylic acids is 3. The Morgan fingerprint density at radius 2 is 2.09 bits per heavy atom. The summed E-state index contributed by atoms with van der Waals surface area (Å²) in [5.74, 6) is -1.03. The van der Waals surface area contributed by atoms with Crippen molar-refractivity contribution in [1.82, 2.24) is 15.1 Å². The van der Waals surface area contributed by atoms with Crippen LogP contribution >= 0.6 is 0 Å². The van der Waals surface area contributed by atoms with E-state index in [-0.39, 0.29) is 6.54 Å². The monoisotopic (exact) mass is 311 g/mol. The van der Waals surface area contributed by atoms with Crippen molar-refractivity contribution >= 4 is 17.9 Å². The number of imide groups is 1. The molecule has 0 saturated carbocycles. The van der Waals surface area contributed by atoms with E-state index in [1.165, 1.54) is 4.90 Å². The van der Waals surface area contributed by atoms with Crippen LogP contribution < -0.4 is 5.32 Å². The summed E-state index contributed by atoms with van der Waals surface area (Å²) >= 11 is 0. The topological polar surface area (TPSA) is 79.0 Å². The van der Waals surface area contributed by atoms with Crippen molar-refractivity contribution in [1.29, 1.82) is 0 Å². The third kappa shape index (κ3) is 4.30. The Bertz CT molecular complexity index is 470. The van der Waals surface area contributed by atoms with Crippen molar-refractivity contribution in [2.75, 3.05) is 20.1 Å². The summed E-state index contributed by atoms with van der Waals surface area (Å²) < 4.78 is 5.31. The van der Waals surface area contributed by atoms with Crippen LogP contribution in [0, 0.1) is 0 Å². The molecular weight excluding hydrogens is 286 g/mol. The van der Waals surface area contributed by atoms with E-state index >= 15 is 0 Å². The average molecular weight is 311 g/mol. The largest absolute Gasteiger partial charge is 0.458 e. The quantitative estimate of drug-likeness (QED) is 0.599. The molecule has 0 unspecified atom stereocenters. The lowest BCUT2D eigenvalue weighted by Crippen LogP contribution is -2.52. The lowest BCUT2D eigenvalue weighted by molar-refractivity contribution is -0.161. The SMILES string of the molecule is C=CCN[C@@H](C)C(=O)N1C(=O)N(C)C[C@H]1C(=O)OC(C)(C)C. The third-order valence-corrected chi connectivity index (χ3v) is 3.15. The zero-order valence-corrected chi connectivity index (χ0v) is 13.9. The molecule has 1 N–H and O–H groups in total. The van der Waals surface area contributed by atoms with Gasteiger partial charge in [0.05, 0.1) is 12.6 Å². The number of hydrogen-bond acceptors (Lipinski definition) is 5. The van der Waals surface area contributed by atoms with Crippen molar-refractivity contribution in [2.24, 2.45) is 0 Å². The number of rotatable bonds is 5. The van der Waals surface area contributed by atoms with Crippen LogP contribution in [0.5, 0.6) is 0 Å². The van der Waals surface area contributed by atoms with Gasteiger partial charge in [0.15, 0.2) is 6.04 Å². The second-order valence-electron chi connectivity index (χ2n) is 6.34. The molecule has 0 bridgehead atoms. The molecule has 1 aliphatic heterocycles. The maximum atomic E-state index is 12.5. The molecule has 0 aromatic heterocycles. The minimum absolute atomic E-state index is 0.133. The number of carbonyl (C=O) groups is 3.